The van der Waals surface area contributed by atoms with Crippen LogP contribution in [0.25, 0.3) is 0 Å². The van der Waals surface area contributed by atoms with Gasteiger partial charge in [0.2, 0.25) is 10.0 Å². The van der Waals surface area contributed by atoms with E-state index in [2.05, 4.69) is 20.0 Å². The summed E-state index contributed by atoms with van der Waals surface area (Å²) in [5.74, 6) is 2.07. The lowest BCUT2D eigenvalue weighted by molar-refractivity contribution is 0.382. The minimum absolute atomic E-state index is 0.133. The van der Waals surface area contributed by atoms with Crippen molar-refractivity contribution in [2.75, 3.05) is 41.4 Å². The van der Waals surface area contributed by atoms with E-state index in [0.29, 0.717) is 19.0 Å². The highest BCUT2D eigenvalue weighted by Gasteiger charge is 2.14. The SMILES string of the molecule is CN=C(NCCNS(=O)(=O)c1cccnc1)N(C)Cc1ccc(OC)cc1OC. The van der Waals surface area contributed by atoms with Crippen molar-refractivity contribution in [1.82, 2.24) is 19.9 Å². The molecule has 10 heteroatoms. The van der Waals surface area contributed by atoms with Crippen LogP contribution in [0.1, 0.15) is 5.56 Å². The van der Waals surface area contributed by atoms with Crippen molar-refractivity contribution in [3.63, 3.8) is 0 Å². The molecule has 0 saturated carbocycles. The van der Waals surface area contributed by atoms with Gasteiger partial charge in [-0.05, 0) is 24.3 Å². The van der Waals surface area contributed by atoms with Crippen LogP contribution >= 0.6 is 0 Å². The number of methoxy groups -OCH3 is 2. The van der Waals surface area contributed by atoms with Gasteiger partial charge in [-0.1, -0.05) is 0 Å². The predicted octanol–water partition coefficient (Wildman–Crippen LogP) is 1.08. The lowest BCUT2D eigenvalue weighted by Gasteiger charge is -2.23. The van der Waals surface area contributed by atoms with E-state index in [1.165, 1.54) is 18.5 Å². The Kier molecular flexibility index (Phi) is 8.22. The fraction of sp³-hybridized carbons (Fsp3) is 0.368. The lowest BCUT2D eigenvalue weighted by Crippen LogP contribution is -2.42. The highest BCUT2D eigenvalue weighted by Crippen LogP contribution is 2.25. The van der Waals surface area contributed by atoms with Crippen molar-refractivity contribution in [3.8, 4) is 11.5 Å². The zero-order chi connectivity index (χ0) is 21.3. The van der Waals surface area contributed by atoms with Crippen molar-refractivity contribution in [3.05, 3.63) is 48.3 Å². The highest BCUT2D eigenvalue weighted by molar-refractivity contribution is 7.89. The third-order valence-corrected chi connectivity index (χ3v) is 5.57. The number of aromatic nitrogens is 1. The average Bonchev–Trinajstić information content (AvgIpc) is 2.74. The first kappa shape index (κ1) is 22.4. The maximum atomic E-state index is 12.2. The number of hydrogen-bond acceptors (Lipinski definition) is 6. The number of guanidine groups is 1. The largest absolute Gasteiger partial charge is 0.497 e. The number of benzene rings is 1. The summed E-state index contributed by atoms with van der Waals surface area (Å²) in [6, 6.07) is 8.71. The molecule has 0 saturated heterocycles. The summed E-state index contributed by atoms with van der Waals surface area (Å²) in [6.45, 7) is 1.13. The van der Waals surface area contributed by atoms with Crippen molar-refractivity contribution >= 4 is 16.0 Å². The van der Waals surface area contributed by atoms with Crippen molar-refractivity contribution in [2.45, 2.75) is 11.4 Å². The predicted molar refractivity (Wildman–Crippen MR) is 112 cm³/mol. The minimum Gasteiger partial charge on any atom is -0.497 e. The maximum Gasteiger partial charge on any atom is 0.242 e. The van der Waals surface area contributed by atoms with E-state index in [1.807, 2.05) is 30.1 Å². The second kappa shape index (κ2) is 10.6. The highest BCUT2D eigenvalue weighted by atomic mass is 32.2. The molecule has 0 unspecified atom stereocenters. The zero-order valence-electron chi connectivity index (χ0n) is 17.0. The maximum absolute atomic E-state index is 12.2. The standard InChI is InChI=1S/C19H27N5O4S/c1-20-19(22-10-11-23-29(25,26)17-6-5-9-21-13-17)24(2)14-15-7-8-16(27-3)12-18(15)28-4/h5-9,12-13,23H,10-11,14H2,1-4H3,(H,20,22). The molecule has 0 bridgehead atoms. The van der Waals surface area contributed by atoms with Crippen molar-refractivity contribution in [2.24, 2.45) is 4.99 Å². The summed E-state index contributed by atoms with van der Waals surface area (Å²) in [4.78, 5) is 10.1. The van der Waals surface area contributed by atoms with Crippen LogP contribution in [0.15, 0.2) is 52.6 Å². The Labute approximate surface area is 171 Å². The van der Waals surface area contributed by atoms with Crippen LogP contribution in [-0.4, -0.2) is 65.7 Å². The Morgan fingerprint density at radius 2 is 2.00 bits per heavy atom. The van der Waals surface area contributed by atoms with E-state index in [-0.39, 0.29) is 11.4 Å². The fourth-order valence-corrected chi connectivity index (χ4v) is 3.64. The first-order valence-corrected chi connectivity index (χ1v) is 10.4. The second-order valence-corrected chi connectivity index (χ2v) is 7.86. The summed E-state index contributed by atoms with van der Waals surface area (Å²) < 4.78 is 37.6. The van der Waals surface area contributed by atoms with Crippen LogP contribution in [-0.2, 0) is 16.6 Å². The Hall–Kier alpha value is -2.85. The average molecular weight is 422 g/mol. The summed E-state index contributed by atoms with van der Waals surface area (Å²) in [5.41, 5.74) is 0.969. The number of rotatable bonds is 9. The molecule has 0 aliphatic rings. The molecule has 0 amide bonds. The van der Waals surface area contributed by atoms with E-state index < -0.39 is 10.0 Å². The van der Waals surface area contributed by atoms with E-state index in [0.717, 1.165) is 17.1 Å². The first-order valence-electron chi connectivity index (χ1n) is 8.93. The number of ether oxygens (including phenoxy) is 2. The third-order valence-electron chi connectivity index (χ3n) is 4.12. The Balaban J connectivity index is 1.90. The van der Waals surface area contributed by atoms with Gasteiger partial charge < -0.3 is 19.7 Å². The molecule has 0 spiro atoms. The minimum atomic E-state index is -3.58. The molecule has 0 fully saturated rings. The molecular weight excluding hydrogens is 394 g/mol. The molecule has 0 aliphatic heterocycles. The molecular formula is C19H27N5O4S. The van der Waals surface area contributed by atoms with Crippen LogP contribution < -0.4 is 19.5 Å². The molecule has 2 aromatic rings. The van der Waals surface area contributed by atoms with Crippen molar-refractivity contribution < 1.29 is 17.9 Å². The molecule has 9 nitrogen and oxygen atoms in total. The van der Waals surface area contributed by atoms with E-state index in [1.54, 1.807) is 27.3 Å². The molecule has 2 rings (SSSR count). The van der Waals surface area contributed by atoms with Gasteiger partial charge in [0.1, 0.15) is 16.4 Å². The molecule has 2 N–H and O–H groups in total. The van der Waals surface area contributed by atoms with Gasteiger partial charge in [0.05, 0.1) is 14.2 Å². The van der Waals surface area contributed by atoms with Crippen molar-refractivity contribution in [1.29, 1.82) is 0 Å². The second-order valence-electron chi connectivity index (χ2n) is 6.09. The quantitative estimate of drug-likeness (QED) is 0.355. The number of pyridine rings is 1. The van der Waals surface area contributed by atoms with E-state index in [9.17, 15) is 8.42 Å². The third kappa shape index (κ3) is 6.33. The number of sulfonamides is 1. The van der Waals surface area contributed by atoms with Gasteiger partial charge in [0.25, 0.3) is 0 Å². The van der Waals surface area contributed by atoms with Crippen LogP contribution in [0.3, 0.4) is 0 Å². The van der Waals surface area contributed by atoms with Gasteiger partial charge in [-0.2, -0.15) is 0 Å². The molecule has 0 atom stereocenters. The number of aliphatic imine (C=N–C) groups is 1. The first-order chi connectivity index (χ1) is 13.9. The number of nitrogens with one attached hydrogen (secondary N) is 2. The van der Waals surface area contributed by atoms with Gasteiger partial charge in [0.15, 0.2) is 5.96 Å². The van der Waals surface area contributed by atoms with Gasteiger partial charge in [-0.15, -0.1) is 0 Å². The topological polar surface area (TPSA) is 105 Å². The van der Waals surface area contributed by atoms with Crippen LogP contribution in [0.4, 0.5) is 0 Å². The fourth-order valence-electron chi connectivity index (χ4n) is 2.65. The summed E-state index contributed by atoms with van der Waals surface area (Å²) in [5, 5.41) is 3.14. The molecule has 1 aromatic heterocycles. The molecule has 1 heterocycles. The van der Waals surface area contributed by atoms with Gasteiger partial charge in [0, 0.05) is 57.8 Å². The Morgan fingerprint density at radius 3 is 2.62 bits per heavy atom. The van der Waals surface area contributed by atoms with Gasteiger partial charge >= 0.3 is 0 Å². The number of nitrogens with zero attached hydrogens (tertiary/aromatic N) is 3. The molecule has 0 radical (unpaired) electrons. The normalized spacial score (nSPS) is 11.8. The molecule has 0 aliphatic carbocycles. The Morgan fingerprint density at radius 1 is 1.21 bits per heavy atom. The van der Waals surface area contributed by atoms with E-state index in [4.69, 9.17) is 9.47 Å². The van der Waals surface area contributed by atoms with Crippen LogP contribution in [0, 0.1) is 0 Å². The Bertz CT molecular complexity index is 919. The zero-order valence-corrected chi connectivity index (χ0v) is 17.9. The molecule has 1 aromatic carbocycles. The van der Waals surface area contributed by atoms with E-state index >= 15 is 0 Å². The summed E-state index contributed by atoms with van der Waals surface area (Å²) in [6.07, 6.45) is 2.84. The number of hydrogen-bond donors (Lipinski definition) is 2. The lowest BCUT2D eigenvalue weighted by atomic mass is 10.2. The van der Waals surface area contributed by atoms with Crippen LogP contribution in [0.2, 0.25) is 0 Å². The molecule has 29 heavy (non-hydrogen) atoms. The summed E-state index contributed by atoms with van der Waals surface area (Å²) in [7, 11) is 3.19. The smallest absolute Gasteiger partial charge is 0.242 e. The molecule has 158 valence electrons. The van der Waals surface area contributed by atoms with Crippen LogP contribution in [0.5, 0.6) is 11.5 Å². The van der Waals surface area contributed by atoms with Gasteiger partial charge in [-0.3, -0.25) is 9.98 Å². The monoisotopic (exact) mass is 421 g/mol. The van der Waals surface area contributed by atoms with Gasteiger partial charge in [-0.25, -0.2) is 13.1 Å². The summed E-state index contributed by atoms with van der Waals surface area (Å²) >= 11 is 0.